The van der Waals surface area contributed by atoms with Crippen molar-refractivity contribution in [2.45, 2.75) is 37.8 Å². The monoisotopic (exact) mass is 518 g/mol. The molecule has 2 aromatic heterocycles. The number of anilines is 1. The smallest absolute Gasteiger partial charge is 0.196 e. The number of aliphatic hydroxyl groups excluding tert-OH is 1. The van der Waals surface area contributed by atoms with Crippen molar-refractivity contribution in [3.05, 3.63) is 88.3 Å². The Morgan fingerprint density at radius 1 is 1.05 bits per heavy atom. The fourth-order valence-electron chi connectivity index (χ4n) is 4.62. The highest BCUT2D eigenvalue weighted by atomic mass is 35.5. The molecule has 0 saturated carbocycles. The molecule has 1 aliphatic heterocycles. The highest BCUT2D eigenvalue weighted by Gasteiger charge is 2.25. The first-order valence-electron chi connectivity index (χ1n) is 12.2. The molecule has 3 heterocycles. The minimum absolute atomic E-state index is 0.00166. The van der Waals surface area contributed by atoms with Crippen molar-refractivity contribution in [2.75, 3.05) is 18.5 Å². The van der Waals surface area contributed by atoms with Crippen molar-refractivity contribution in [3.63, 3.8) is 0 Å². The average molecular weight is 519 g/mol. The molecule has 4 aromatic rings. The van der Waals surface area contributed by atoms with Gasteiger partial charge in [-0.25, -0.2) is 9.97 Å². The number of carbonyl (C=O) groups is 2. The molecule has 0 spiro atoms. The number of aromatic nitrogens is 3. The Kier molecular flexibility index (Phi) is 7.60. The number of fused-ring (bicyclic) bond motifs is 1. The predicted molar refractivity (Wildman–Crippen MR) is 141 cm³/mol. The molecule has 1 saturated heterocycles. The van der Waals surface area contributed by atoms with Crippen LogP contribution in [0.1, 0.15) is 39.9 Å². The summed E-state index contributed by atoms with van der Waals surface area (Å²) in [7, 11) is 0. The first-order valence-corrected chi connectivity index (χ1v) is 12.6. The number of aliphatic hydroxyl groups is 1. The summed E-state index contributed by atoms with van der Waals surface area (Å²) in [6.07, 6.45) is 5.02. The Balaban J connectivity index is 1.34. The van der Waals surface area contributed by atoms with Gasteiger partial charge in [0.1, 0.15) is 23.6 Å². The van der Waals surface area contributed by atoms with Crippen molar-refractivity contribution in [3.8, 4) is 0 Å². The summed E-state index contributed by atoms with van der Waals surface area (Å²) >= 11 is 6.53. The number of ketones is 2. The summed E-state index contributed by atoms with van der Waals surface area (Å²) in [6, 6.07) is 14.7. The third-order valence-corrected chi connectivity index (χ3v) is 6.87. The normalized spacial score (nSPS) is 17.6. The number of H-pyrrole nitrogens is 1. The highest BCUT2D eigenvalue weighted by molar-refractivity contribution is 6.35. The van der Waals surface area contributed by atoms with Gasteiger partial charge in [0.15, 0.2) is 5.78 Å². The van der Waals surface area contributed by atoms with Crippen LogP contribution < -0.4 is 5.32 Å². The van der Waals surface area contributed by atoms with Crippen LogP contribution in [0.3, 0.4) is 0 Å². The second kappa shape index (κ2) is 11.2. The van der Waals surface area contributed by atoms with Gasteiger partial charge in [-0.1, -0.05) is 48.0 Å². The number of aromatic amines is 1. The molecule has 0 amide bonds. The molecule has 0 unspecified atom stereocenters. The van der Waals surface area contributed by atoms with Crippen molar-refractivity contribution in [1.82, 2.24) is 15.0 Å². The number of carbonyl (C=O) groups excluding carboxylic acids is 2. The van der Waals surface area contributed by atoms with Crippen molar-refractivity contribution < 1.29 is 19.4 Å². The molecule has 2 aromatic carbocycles. The number of nitrogens with zero attached hydrogens (tertiary/aromatic N) is 2. The first kappa shape index (κ1) is 25.1. The van der Waals surface area contributed by atoms with Gasteiger partial charge in [-0.05, 0) is 36.1 Å². The van der Waals surface area contributed by atoms with Crippen LogP contribution in [0, 0.1) is 0 Å². The lowest BCUT2D eigenvalue weighted by atomic mass is 9.98. The van der Waals surface area contributed by atoms with Gasteiger partial charge in [-0.3, -0.25) is 9.59 Å². The molecule has 190 valence electrons. The van der Waals surface area contributed by atoms with Gasteiger partial charge in [-0.2, -0.15) is 0 Å². The van der Waals surface area contributed by atoms with E-state index in [1.807, 2.05) is 30.3 Å². The minimum Gasteiger partial charge on any atom is -0.394 e. The van der Waals surface area contributed by atoms with E-state index >= 15 is 0 Å². The topological polar surface area (TPSA) is 117 Å². The summed E-state index contributed by atoms with van der Waals surface area (Å²) < 4.78 is 5.67. The summed E-state index contributed by atoms with van der Waals surface area (Å²) in [5, 5.41) is 13.5. The van der Waals surface area contributed by atoms with Crippen LogP contribution in [0.2, 0.25) is 5.02 Å². The number of halogens is 1. The lowest BCUT2D eigenvalue weighted by Gasteiger charge is -2.29. The van der Waals surface area contributed by atoms with Crippen LogP contribution in [-0.4, -0.2) is 57.0 Å². The lowest BCUT2D eigenvalue weighted by molar-refractivity contribution is -0.117. The van der Waals surface area contributed by atoms with Crippen molar-refractivity contribution in [2.24, 2.45) is 0 Å². The maximum absolute atomic E-state index is 13.5. The molecule has 1 fully saturated rings. The zero-order valence-corrected chi connectivity index (χ0v) is 20.9. The van der Waals surface area contributed by atoms with Gasteiger partial charge < -0.3 is 20.1 Å². The second-order valence-corrected chi connectivity index (χ2v) is 9.63. The molecule has 37 heavy (non-hydrogen) atoms. The predicted octanol–water partition coefficient (Wildman–Crippen LogP) is 4.15. The quantitative estimate of drug-likeness (QED) is 0.285. The Bertz CT molecular complexity index is 1410. The fraction of sp³-hybridized carbons (Fsp3) is 0.286. The molecule has 0 aliphatic carbocycles. The molecular formula is C28H27ClN4O4. The summed E-state index contributed by atoms with van der Waals surface area (Å²) in [5.74, 6) is 0.337. The number of Topliss-reactive ketones (excluding diaryl/α,β-unsaturated/α-hetero) is 1. The van der Waals surface area contributed by atoms with E-state index in [0.29, 0.717) is 41.0 Å². The van der Waals surface area contributed by atoms with E-state index in [1.165, 1.54) is 6.33 Å². The molecule has 2 atom stereocenters. The standard InChI is InChI=1S/C28H27ClN4O4/c29-24-12-18(11-20(35)10-17-4-2-1-3-5-17)6-9-22(24)26(36)23-13-30-27-25(23)28(32-16-31-27)33-19-7-8-21(14-34)37-15-19/h1-6,9,12-13,16,19,21,34H,7-8,10-11,14-15H2,(H2,30,31,32,33)/t19-,21+/m1/s1. The molecule has 1 aliphatic rings. The summed E-state index contributed by atoms with van der Waals surface area (Å²) in [5.41, 5.74) is 2.99. The molecule has 0 radical (unpaired) electrons. The van der Waals surface area contributed by atoms with E-state index < -0.39 is 0 Å². The van der Waals surface area contributed by atoms with Crippen LogP contribution >= 0.6 is 11.6 Å². The average Bonchev–Trinajstić information content (AvgIpc) is 3.35. The molecule has 8 nitrogen and oxygen atoms in total. The third-order valence-electron chi connectivity index (χ3n) is 6.55. The number of ether oxygens (including phenoxy) is 1. The Hall–Kier alpha value is -3.59. The Labute approximate surface area is 219 Å². The first-order chi connectivity index (χ1) is 18.0. The van der Waals surface area contributed by atoms with Gasteiger partial charge in [-0.15, -0.1) is 0 Å². The zero-order chi connectivity index (χ0) is 25.8. The SMILES string of the molecule is O=C(Cc1ccccc1)Cc1ccc(C(=O)c2c[nH]c3ncnc(N[C@@H]4CC[C@@H](CO)OC4)c23)c(Cl)c1. The van der Waals surface area contributed by atoms with Gasteiger partial charge in [0, 0.05) is 24.6 Å². The third kappa shape index (κ3) is 5.72. The molecule has 9 heteroatoms. The second-order valence-electron chi connectivity index (χ2n) is 9.23. The summed E-state index contributed by atoms with van der Waals surface area (Å²) in [4.78, 5) is 37.8. The summed E-state index contributed by atoms with van der Waals surface area (Å²) in [6.45, 7) is 0.433. The van der Waals surface area contributed by atoms with E-state index in [9.17, 15) is 14.7 Å². The van der Waals surface area contributed by atoms with Crippen LogP contribution in [0.25, 0.3) is 11.0 Å². The van der Waals surface area contributed by atoms with E-state index in [-0.39, 0.29) is 41.8 Å². The minimum atomic E-state index is -0.267. The molecular weight excluding hydrogens is 492 g/mol. The number of hydrogen-bond donors (Lipinski definition) is 3. The van der Waals surface area contributed by atoms with E-state index in [0.717, 1.165) is 24.0 Å². The Morgan fingerprint density at radius 2 is 1.86 bits per heavy atom. The number of benzene rings is 2. The lowest BCUT2D eigenvalue weighted by Crippen LogP contribution is -2.36. The Morgan fingerprint density at radius 3 is 2.59 bits per heavy atom. The molecule has 0 bridgehead atoms. The van der Waals surface area contributed by atoms with E-state index in [1.54, 1.807) is 24.4 Å². The van der Waals surface area contributed by atoms with Gasteiger partial charge >= 0.3 is 0 Å². The van der Waals surface area contributed by atoms with Crippen LogP contribution in [-0.2, 0) is 22.4 Å². The molecule has 5 rings (SSSR count). The zero-order valence-electron chi connectivity index (χ0n) is 20.1. The number of rotatable bonds is 9. The number of nitrogens with one attached hydrogen (secondary N) is 2. The number of hydrogen-bond acceptors (Lipinski definition) is 7. The highest BCUT2D eigenvalue weighted by Crippen LogP contribution is 2.29. The fourth-order valence-corrected chi connectivity index (χ4v) is 4.91. The maximum Gasteiger partial charge on any atom is 0.196 e. The van der Waals surface area contributed by atoms with Crippen LogP contribution in [0.4, 0.5) is 5.82 Å². The van der Waals surface area contributed by atoms with Gasteiger partial charge in [0.05, 0.1) is 41.3 Å². The maximum atomic E-state index is 13.5. The van der Waals surface area contributed by atoms with Crippen molar-refractivity contribution >= 4 is 40.0 Å². The van der Waals surface area contributed by atoms with E-state index in [2.05, 4.69) is 20.3 Å². The van der Waals surface area contributed by atoms with Crippen LogP contribution in [0.5, 0.6) is 0 Å². The van der Waals surface area contributed by atoms with Gasteiger partial charge in [0.2, 0.25) is 0 Å². The largest absolute Gasteiger partial charge is 0.394 e. The molecule has 3 N–H and O–H groups in total. The van der Waals surface area contributed by atoms with Crippen LogP contribution in [0.15, 0.2) is 61.1 Å². The van der Waals surface area contributed by atoms with Gasteiger partial charge in [0.25, 0.3) is 0 Å². The van der Waals surface area contributed by atoms with E-state index in [4.69, 9.17) is 16.3 Å². The van der Waals surface area contributed by atoms with Crippen molar-refractivity contribution in [1.29, 1.82) is 0 Å².